The zero-order chi connectivity index (χ0) is 15.9. The largest absolute Gasteiger partial charge is 0.357 e. The molecule has 0 saturated carbocycles. The van der Waals surface area contributed by atoms with Crippen molar-refractivity contribution in [1.29, 1.82) is 0 Å². The average molecular weight is 451 g/mol. The SMILES string of the molecule is CCNC(=NCCN1C(=O)CNC1=O)N(C)Cc1ccsc1.I. The monoisotopic (exact) mass is 451 g/mol. The van der Waals surface area contributed by atoms with Gasteiger partial charge in [-0.25, -0.2) is 4.79 Å². The summed E-state index contributed by atoms with van der Waals surface area (Å²) in [6.45, 7) is 4.29. The third-order valence-corrected chi connectivity index (χ3v) is 3.95. The summed E-state index contributed by atoms with van der Waals surface area (Å²) in [5.74, 6) is 0.567. The Morgan fingerprint density at radius 2 is 2.30 bits per heavy atom. The predicted octanol–water partition coefficient (Wildman–Crippen LogP) is 1.32. The van der Waals surface area contributed by atoms with Gasteiger partial charge in [-0.05, 0) is 29.3 Å². The van der Waals surface area contributed by atoms with Crippen molar-refractivity contribution >= 4 is 53.2 Å². The summed E-state index contributed by atoms with van der Waals surface area (Å²) < 4.78 is 0. The molecule has 1 saturated heterocycles. The van der Waals surface area contributed by atoms with Gasteiger partial charge in [0.15, 0.2) is 5.96 Å². The van der Waals surface area contributed by atoms with Crippen LogP contribution < -0.4 is 10.6 Å². The highest BCUT2D eigenvalue weighted by Gasteiger charge is 2.27. The standard InChI is InChI=1S/C14H21N5O2S.HI/c1-3-15-13(18(2)9-11-4-7-22-10-11)16-5-6-19-12(20)8-17-14(19)21;/h4,7,10H,3,5-6,8-9H2,1-2H3,(H,15,16)(H,17,21);1H. The second kappa shape index (κ2) is 9.71. The first kappa shape index (κ1) is 19.7. The summed E-state index contributed by atoms with van der Waals surface area (Å²) in [5.41, 5.74) is 1.23. The molecule has 0 unspecified atom stereocenters. The van der Waals surface area contributed by atoms with Crippen LogP contribution in [0.3, 0.4) is 0 Å². The average Bonchev–Trinajstić information content (AvgIpc) is 3.10. The van der Waals surface area contributed by atoms with Crippen LogP contribution in [0.15, 0.2) is 21.8 Å². The topological polar surface area (TPSA) is 77.0 Å². The van der Waals surface area contributed by atoms with Crippen LogP contribution in [0, 0.1) is 0 Å². The lowest BCUT2D eigenvalue weighted by atomic mass is 10.3. The van der Waals surface area contributed by atoms with Crippen LogP contribution in [-0.4, -0.2) is 60.9 Å². The number of carbonyl (C=O) groups excluding carboxylic acids is 2. The van der Waals surface area contributed by atoms with E-state index in [1.807, 2.05) is 24.3 Å². The number of hydrogen-bond donors (Lipinski definition) is 2. The number of guanidine groups is 1. The molecule has 0 spiro atoms. The van der Waals surface area contributed by atoms with Crippen LogP contribution in [0.4, 0.5) is 4.79 Å². The molecule has 0 radical (unpaired) electrons. The maximum atomic E-state index is 11.5. The van der Waals surface area contributed by atoms with Crippen molar-refractivity contribution in [3.05, 3.63) is 22.4 Å². The van der Waals surface area contributed by atoms with Crippen LogP contribution in [0.2, 0.25) is 0 Å². The lowest BCUT2D eigenvalue weighted by Gasteiger charge is -2.22. The van der Waals surface area contributed by atoms with E-state index in [2.05, 4.69) is 27.1 Å². The molecule has 1 aliphatic rings. The van der Waals surface area contributed by atoms with Crippen LogP contribution in [0.5, 0.6) is 0 Å². The summed E-state index contributed by atoms with van der Waals surface area (Å²) in [4.78, 5) is 30.7. The minimum atomic E-state index is -0.336. The summed E-state index contributed by atoms with van der Waals surface area (Å²) >= 11 is 1.67. The van der Waals surface area contributed by atoms with Crippen LogP contribution >= 0.6 is 35.3 Å². The van der Waals surface area contributed by atoms with Gasteiger partial charge in [-0.2, -0.15) is 11.3 Å². The van der Waals surface area contributed by atoms with Gasteiger partial charge in [0.1, 0.15) is 0 Å². The molecule has 1 fully saturated rings. The number of nitrogens with one attached hydrogen (secondary N) is 2. The Kier molecular flexibility index (Phi) is 8.31. The lowest BCUT2D eigenvalue weighted by molar-refractivity contribution is -0.124. The van der Waals surface area contributed by atoms with E-state index in [0.29, 0.717) is 13.1 Å². The molecular weight excluding hydrogens is 429 g/mol. The highest BCUT2D eigenvalue weighted by Crippen LogP contribution is 2.08. The zero-order valence-electron chi connectivity index (χ0n) is 13.2. The van der Waals surface area contributed by atoms with Crippen molar-refractivity contribution < 1.29 is 9.59 Å². The number of hydrogen-bond acceptors (Lipinski definition) is 4. The Hall–Kier alpha value is -1.36. The second-order valence-electron chi connectivity index (χ2n) is 4.93. The Labute approximate surface area is 157 Å². The highest BCUT2D eigenvalue weighted by atomic mass is 127. The lowest BCUT2D eigenvalue weighted by Crippen LogP contribution is -2.39. The van der Waals surface area contributed by atoms with E-state index in [0.717, 1.165) is 19.0 Å². The maximum absolute atomic E-state index is 11.5. The van der Waals surface area contributed by atoms with E-state index in [1.165, 1.54) is 10.5 Å². The minimum absolute atomic E-state index is 0. The Balaban J connectivity index is 0.00000264. The van der Waals surface area contributed by atoms with Crippen molar-refractivity contribution in [3.8, 4) is 0 Å². The Morgan fingerprint density at radius 1 is 1.52 bits per heavy atom. The Bertz CT molecular complexity index is 533. The fraction of sp³-hybridized carbons (Fsp3) is 0.500. The zero-order valence-corrected chi connectivity index (χ0v) is 16.4. The third-order valence-electron chi connectivity index (χ3n) is 3.22. The number of imide groups is 1. The second-order valence-corrected chi connectivity index (χ2v) is 5.71. The first-order valence-corrected chi connectivity index (χ1v) is 8.14. The molecule has 0 aliphatic carbocycles. The molecule has 128 valence electrons. The molecule has 0 atom stereocenters. The number of aliphatic imine (C=N–C) groups is 1. The van der Waals surface area contributed by atoms with Crippen molar-refractivity contribution in [1.82, 2.24) is 20.4 Å². The molecule has 1 aromatic heterocycles. The van der Waals surface area contributed by atoms with E-state index in [-0.39, 0.29) is 42.5 Å². The number of amides is 3. The van der Waals surface area contributed by atoms with Crippen molar-refractivity contribution in [2.45, 2.75) is 13.5 Å². The first-order chi connectivity index (χ1) is 10.6. The Morgan fingerprint density at radius 3 is 2.87 bits per heavy atom. The van der Waals surface area contributed by atoms with Gasteiger partial charge in [0.25, 0.3) is 0 Å². The molecule has 7 nitrogen and oxygen atoms in total. The van der Waals surface area contributed by atoms with E-state index in [4.69, 9.17) is 0 Å². The molecule has 1 aromatic rings. The van der Waals surface area contributed by atoms with Gasteiger partial charge in [-0.15, -0.1) is 24.0 Å². The van der Waals surface area contributed by atoms with E-state index in [9.17, 15) is 9.59 Å². The van der Waals surface area contributed by atoms with Gasteiger partial charge in [0.2, 0.25) is 5.91 Å². The summed E-state index contributed by atoms with van der Waals surface area (Å²) in [6, 6.07) is 1.75. The van der Waals surface area contributed by atoms with Crippen LogP contribution in [0.1, 0.15) is 12.5 Å². The normalized spacial score (nSPS) is 14.5. The molecule has 2 N–H and O–H groups in total. The van der Waals surface area contributed by atoms with Crippen LogP contribution in [-0.2, 0) is 11.3 Å². The number of carbonyl (C=O) groups is 2. The van der Waals surface area contributed by atoms with Gasteiger partial charge in [-0.1, -0.05) is 0 Å². The maximum Gasteiger partial charge on any atom is 0.324 e. The predicted molar refractivity (Wildman–Crippen MR) is 102 cm³/mol. The van der Waals surface area contributed by atoms with E-state index >= 15 is 0 Å². The minimum Gasteiger partial charge on any atom is -0.357 e. The number of halogens is 1. The smallest absolute Gasteiger partial charge is 0.324 e. The molecular formula is C14H22IN5O2S. The first-order valence-electron chi connectivity index (χ1n) is 7.20. The van der Waals surface area contributed by atoms with Crippen LogP contribution in [0.25, 0.3) is 0 Å². The fourth-order valence-electron chi connectivity index (χ4n) is 2.14. The summed E-state index contributed by atoms with van der Waals surface area (Å²) in [7, 11) is 1.97. The van der Waals surface area contributed by atoms with Gasteiger partial charge < -0.3 is 15.5 Å². The van der Waals surface area contributed by atoms with Crippen molar-refractivity contribution in [3.63, 3.8) is 0 Å². The van der Waals surface area contributed by atoms with Crippen molar-refractivity contribution in [2.75, 3.05) is 33.2 Å². The molecule has 0 bridgehead atoms. The molecule has 9 heteroatoms. The molecule has 1 aliphatic heterocycles. The number of nitrogens with zero attached hydrogens (tertiary/aromatic N) is 3. The van der Waals surface area contributed by atoms with E-state index in [1.54, 1.807) is 11.3 Å². The third kappa shape index (κ3) is 5.65. The quantitative estimate of drug-likeness (QED) is 0.296. The van der Waals surface area contributed by atoms with Gasteiger partial charge in [0.05, 0.1) is 19.6 Å². The molecule has 3 amide bonds. The fourth-order valence-corrected chi connectivity index (χ4v) is 2.80. The highest BCUT2D eigenvalue weighted by molar-refractivity contribution is 14.0. The van der Waals surface area contributed by atoms with Gasteiger partial charge >= 0.3 is 6.03 Å². The summed E-state index contributed by atoms with van der Waals surface area (Å²) in [6.07, 6.45) is 0. The summed E-state index contributed by atoms with van der Waals surface area (Å²) in [5, 5.41) is 9.87. The van der Waals surface area contributed by atoms with Crippen molar-refractivity contribution in [2.24, 2.45) is 4.99 Å². The molecule has 23 heavy (non-hydrogen) atoms. The van der Waals surface area contributed by atoms with E-state index < -0.39 is 0 Å². The number of thiophene rings is 1. The molecule has 2 heterocycles. The van der Waals surface area contributed by atoms with Gasteiger partial charge in [0, 0.05) is 20.1 Å². The molecule has 2 rings (SSSR count). The number of urea groups is 1. The van der Waals surface area contributed by atoms with Gasteiger partial charge in [-0.3, -0.25) is 14.7 Å². The molecule has 0 aromatic carbocycles. The number of rotatable bonds is 6.